The summed E-state index contributed by atoms with van der Waals surface area (Å²) in [6.07, 6.45) is 0.701. The second-order valence-corrected chi connectivity index (χ2v) is 12.1. The number of sulfonamides is 1. The minimum atomic E-state index is -3.65. The number of hydrogen-bond donors (Lipinski definition) is 0. The van der Waals surface area contributed by atoms with Crippen LogP contribution in [-0.4, -0.2) is 36.7 Å². The van der Waals surface area contributed by atoms with Crippen LogP contribution in [0.15, 0.2) is 71.6 Å². The third kappa shape index (κ3) is 5.27. The van der Waals surface area contributed by atoms with Crippen molar-refractivity contribution in [1.29, 1.82) is 0 Å². The number of benzene rings is 3. The van der Waals surface area contributed by atoms with Crippen molar-refractivity contribution in [2.45, 2.75) is 31.2 Å². The highest BCUT2D eigenvalue weighted by Crippen LogP contribution is 2.34. The van der Waals surface area contributed by atoms with Crippen LogP contribution in [0.25, 0.3) is 10.2 Å². The van der Waals surface area contributed by atoms with Crippen LogP contribution in [0.4, 0.5) is 13.9 Å². The van der Waals surface area contributed by atoms with Crippen molar-refractivity contribution in [3.63, 3.8) is 0 Å². The van der Waals surface area contributed by atoms with Crippen molar-refractivity contribution in [2.24, 2.45) is 5.92 Å². The second-order valence-electron chi connectivity index (χ2n) is 9.13. The first-order chi connectivity index (χ1) is 17.7. The molecular formula is C27H25F2N3O3S2. The van der Waals surface area contributed by atoms with Gasteiger partial charge in [-0.15, -0.1) is 0 Å². The number of halogens is 2. The van der Waals surface area contributed by atoms with E-state index in [-0.39, 0.29) is 41.1 Å². The number of amides is 1. The van der Waals surface area contributed by atoms with E-state index < -0.39 is 27.6 Å². The van der Waals surface area contributed by atoms with Gasteiger partial charge in [0, 0.05) is 25.1 Å². The van der Waals surface area contributed by atoms with Crippen molar-refractivity contribution < 1.29 is 22.0 Å². The van der Waals surface area contributed by atoms with Crippen molar-refractivity contribution in [1.82, 2.24) is 9.29 Å². The quantitative estimate of drug-likeness (QED) is 0.323. The summed E-state index contributed by atoms with van der Waals surface area (Å²) < 4.78 is 56.1. The van der Waals surface area contributed by atoms with E-state index in [4.69, 9.17) is 0 Å². The summed E-state index contributed by atoms with van der Waals surface area (Å²) >= 11 is 1.06. The number of nitrogens with zero attached hydrogens (tertiary/aromatic N) is 3. The molecule has 1 aliphatic heterocycles. The van der Waals surface area contributed by atoms with Gasteiger partial charge in [0.1, 0.15) is 11.3 Å². The predicted molar refractivity (Wildman–Crippen MR) is 140 cm³/mol. The summed E-state index contributed by atoms with van der Waals surface area (Å²) in [5.41, 5.74) is 1.85. The summed E-state index contributed by atoms with van der Waals surface area (Å²) in [5.74, 6) is -2.12. The maximum atomic E-state index is 14.4. The average Bonchev–Trinajstić information content (AvgIpc) is 3.32. The minimum absolute atomic E-state index is 0.0197. The first-order valence-corrected chi connectivity index (χ1v) is 14.2. The SMILES string of the molecule is Cc1ccc(S(=O)(=O)N2CCC(C(=O)N(Cc3ccccc3)c3nc4c(F)cc(F)cc4s3)CC2)cc1. The van der Waals surface area contributed by atoms with Gasteiger partial charge in [0.2, 0.25) is 15.9 Å². The molecule has 1 saturated heterocycles. The van der Waals surface area contributed by atoms with E-state index in [2.05, 4.69) is 4.98 Å². The fraction of sp³-hybridized carbons (Fsp3) is 0.259. The van der Waals surface area contributed by atoms with Gasteiger partial charge in [-0.25, -0.2) is 22.2 Å². The molecule has 0 radical (unpaired) electrons. The van der Waals surface area contributed by atoms with Crippen LogP contribution < -0.4 is 4.90 Å². The summed E-state index contributed by atoms with van der Waals surface area (Å²) in [6, 6.07) is 18.1. The molecule has 192 valence electrons. The van der Waals surface area contributed by atoms with Crippen molar-refractivity contribution in [3.8, 4) is 0 Å². The molecule has 4 aromatic rings. The van der Waals surface area contributed by atoms with Gasteiger partial charge >= 0.3 is 0 Å². The maximum absolute atomic E-state index is 14.4. The zero-order valence-corrected chi connectivity index (χ0v) is 21.7. The van der Waals surface area contributed by atoms with Gasteiger partial charge in [-0.05, 0) is 43.5 Å². The summed E-state index contributed by atoms with van der Waals surface area (Å²) in [7, 11) is -3.65. The van der Waals surface area contributed by atoms with E-state index in [0.29, 0.717) is 17.5 Å². The first-order valence-electron chi connectivity index (χ1n) is 11.9. The standard InChI is InChI=1S/C27H25F2N3O3S2/c1-18-7-9-22(10-8-18)37(34,35)31-13-11-20(12-14-31)26(33)32(17-19-5-3-2-4-6-19)27-30-25-23(29)15-21(28)16-24(25)36-27/h2-10,15-16,20H,11-14,17H2,1H3. The van der Waals surface area contributed by atoms with Gasteiger partial charge in [0.25, 0.3) is 0 Å². The molecule has 37 heavy (non-hydrogen) atoms. The number of rotatable bonds is 6. The lowest BCUT2D eigenvalue weighted by atomic mass is 9.96. The molecule has 6 nitrogen and oxygen atoms in total. The van der Waals surface area contributed by atoms with Gasteiger partial charge in [0.15, 0.2) is 10.9 Å². The monoisotopic (exact) mass is 541 g/mol. The van der Waals surface area contributed by atoms with Crippen LogP contribution in [0.5, 0.6) is 0 Å². The lowest BCUT2D eigenvalue weighted by Crippen LogP contribution is -2.44. The fourth-order valence-electron chi connectivity index (χ4n) is 4.49. The molecule has 0 bridgehead atoms. The lowest BCUT2D eigenvalue weighted by molar-refractivity contribution is -0.123. The zero-order valence-electron chi connectivity index (χ0n) is 20.1. The Morgan fingerprint density at radius 3 is 2.41 bits per heavy atom. The summed E-state index contributed by atoms with van der Waals surface area (Å²) in [4.78, 5) is 19.8. The number of hydrogen-bond acceptors (Lipinski definition) is 5. The predicted octanol–water partition coefficient (Wildman–Crippen LogP) is 5.52. The highest BCUT2D eigenvalue weighted by molar-refractivity contribution is 7.89. The van der Waals surface area contributed by atoms with Gasteiger partial charge < -0.3 is 0 Å². The first kappa shape index (κ1) is 25.4. The van der Waals surface area contributed by atoms with Crippen molar-refractivity contribution in [3.05, 3.63) is 89.5 Å². The van der Waals surface area contributed by atoms with E-state index in [1.54, 1.807) is 24.3 Å². The number of aromatic nitrogens is 1. The topological polar surface area (TPSA) is 70.6 Å². The molecule has 0 N–H and O–H groups in total. The van der Waals surface area contributed by atoms with Crippen LogP contribution in [0, 0.1) is 24.5 Å². The van der Waals surface area contributed by atoms with Crippen LogP contribution in [0.3, 0.4) is 0 Å². The normalized spacial score (nSPS) is 15.2. The van der Waals surface area contributed by atoms with Gasteiger partial charge in [-0.3, -0.25) is 9.69 Å². The average molecular weight is 542 g/mol. The Morgan fingerprint density at radius 1 is 1.05 bits per heavy atom. The molecule has 2 heterocycles. The molecule has 0 unspecified atom stereocenters. The third-order valence-corrected chi connectivity index (χ3v) is 9.48. The molecule has 0 atom stereocenters. The molecule has 1 aromatic heterocycles. The molecule has 1 fully saturated rings. The van der Waals surface area contributed by atoms with E-state index in [1.807, 2.05) is 37.3 Å². The Bertz CT molecular complexity index is 1530. The lowest BCUT2D eigenvalue weighted by Gasteiger charge is -2.33. The molecule has 0 saturated carbocycles. The molecule has 0 aliphatic carbocycles. The Labute approximate surface area is 218 Å². The number of fused-ring (bicyclic) bond motifs is 1. The second kappa shape index (κ2) is 10.3. The number of anilines is 1. The molecule has 0 spiro atoms. The molecule has 1 amide bonds. The third-order valence-electron chi connectivity index (χ3n) is 6.54. The van der Waals surface area contributed by atoms with Crippen molar-refractivity contribution >= 4 is 42.6 Å². The number of aryl methyl sites for hydroxylation is 1. The van der Waals surface area contributed by atoms with E-state index in [0.717, 1.165) is 28.5 Å². The van der Waals surface area contributed by atoms with Crippen molar-refractivity contribution in [2.75, 3.05) is 18.0 Å². The van der Waals surface area contributed by atoms with Crippen LogP contribution in [-0.2, 0) is 21.4 Å². The molecular weight excluding hydrogens is 516 g/mol. The maximum Gasteiger partial charge on any atom is 0.243 e. The van der Waals surface area contributed by atoms with Crippen LogP contribution >= 0.6 is 11.3 Å². The Morgan fingerprint density at radius 2 is 1.73 bits per heavy atom. The number of carbonyl (C=O) groups is 1. The van der Waals surface area contributed by atoms with Gasteiger partial charge in [0.05, 0.1) is 16.1 Å². The summed E-state index contributed by atoms with van der Waals surface area (Å²) in [5, 5.41) is 0.281. The minimum Gasteiger partial charge on any atom is -0.283 e. The van der Waals surface area contributed by atoms with E-state index >= 15 is 0 Å². The van der Waals surface area contributed by atoms with E-state index in [9.17, 15) is 22.0 Å². The molecule has 1 aliphatic rings. The highest BCUT2D eigenvalue weighted by atomic mass is 32.2. The molecule has 5 rings (SSSR count). The van der Waals surface area contributed by atoms with Crippen LogP contribution in [0.1, 0.15) is 24.0 Å². The van der Waals surface area contributed by atoms with Gasteiger partial charge in [-0.1, -0.05) is 59.4 Å². The van der Waals surface area contributed by atoms with Gasteiger partial charge in [-0.2, -0.15) is 4.31 Å². The Balaban J connectivity index is 1.39. The zero-order chi connectivity index (χ0) is 26.2. The molecule has 10 heteroatoms. The Hall–Kier alpha value is -3.21. The molecule has 3 aromatic carbocycles. The smallest absolute Gasteiger partial charge is 0.243 e. The largest absolute Gasteiger partial charge is 0.283 e. The number of thiazole rings is 1. The number of piperidine rings is 1. The fourth-order valence-corrected chi connectivity index (χ4v) is 6.97. The number of carbonyl (C=O) groups excluding carboxylic acids is 1. The Kier molecular flexibility index (Phi) is 7.06. The van der Waals surface area contributed by atoms with E-state index in [1.165, 1.54) is 15.3 Å². The summed E-state index contributed by atoms with van der Waals surface area (Å²) in [6.45, 7) is 2.54. The van der Waals surface area contributed by atoms with Crippen LogP contribution in [0.2, 0.25) is 0 Å². The highest BCUT2D eigenvalue weighted by Gasteiger charge is 2.35.